The molecule has 0 aromatic heterocycles. The van der Waals surface area contributed by atoms with Crippen LogP contribution in [-0.2, 0) is 19.6 Å². The van der Waals surface area contributed by atoms with Crippen LogP contribution in [0.15, 0.2) is 29.2 Å². The van der Waals surface area contributed by atoms with Gasteiger partial charge in [0.15, 0.2) is 0 Å². The molecule has 1 aromatic carbocycles. The number of nitrogens with one attached hydrogen (secondary N) is 3. The fourth-order valence-electron chi connectivity index (χ4n) is 3.42. The van der Waals surface area contributed by atoms with Crippen LogP contribution in [0.25, 0.3) is 0 Å². The molecule has 0 saturated heterocycles. The molecule has 0 radical (unpaired) electrons. The molecule has 1 atom stereocenters. The van der Waals surface area contributed by atoms with Gasteiger partial charge in [0, 0.05) is 19.0 Å². The third-order valence-electron chi connectivity index (χ3n) is 5.31. The van der Waals surface area contributed by atoms with Crippen molar-refractivity contribution in [2.45, 2.75) is 43.5 Å². The van der Waals surface area contributed by atoms with Crippen LogP contribution >= 0.6 is 0 Å². The molecule has 0 aliphatic heterocycles. The van der Waals surface area contributed by atoms with Crippen molar-refractivity contribution in [2.24, 2.45) is 11.8 Å². The zero-order valence-electron chi connectivity index (χ0n) is 17.4. The van der Waals surface area contributed by atoms with Crippen molar-refractivity contribution in [2.75, 3.05) is 26.8 Å². The summed E-state index contributed by atoms with van der Waals surface area (Å²) < 4.78 is 32.6. The van der Waals surface area contributed by atoms with Crippen molar-refractivity contribution in [1.82, 2.24) is 15.4 Å². The Balaban J connectivity index is 1.77. The van der Waals surface area contributed by atoms with E-state index >= 15 is 0 Å². The molecule has 2 rings (SSSR count). The second kappa shape index (κ2) is 11.3. The Morgan fingerprint density at radius 2 is 1.80 bits per heavy atom. The summed E-state index contributed by atoms with van der Waals surface area (Å²) in [7, 11) is -2.08. The maximum atomic E-state index is 12.4. The molecule has 1 aromatic rings. The SMILES string of the molecule is COc1ccc(S(=O)(=O)NCC2CCC(C(=O)NC(C)C(=O)NCCO)CC2)cc1. The van der Waals surface area contributed by atoms with E-state index in [2.05, 4.69) is 15.4 Å². The summed E-state index contributed by atoms with van der Waals surface area (Å²) in [5, 5.41) is 14.0. The van der Waals surface area contributed by atoms with Crippen molar-refractivity contribution in [3.8, 4) is 5.75 Å². The molecule has 1 saturated carbocycles. The summed E-state index contributed by atoms with van der Waals surface area (Å²) in [6.07, 6.45) is 2.75. The van der Waals surface area contributed by atoms with Gasteiger partial charge in [-0.15, -0.1) is 0 Å². The molecule has 0 heterocycles. The van der Waals surface area contributed by atoms with Crippen LogP contribution in [0.1, 0.15) is 32.6 Å². The molecule has 30 heavy (non-hydrogen) atoms. The van der Waals surface area contributed by atoms with Gasteiger partial charge in [0.05, 0.1) is 18.6 Å². The Bertz CT molecular complexity index is 804. The number of benzene rings is 1. The maximum absolute atomic E-state index is 12.4. The maximum Gasteiger partial charge on any atom is 0.242 e. The third-order valence-corrected chi connectivity index (χ3v) is 6.75. The van der Waals surface area contributed by atoms with Crippen molar-refractivity contribution in [3.05, 3.63) is 24.3 Å². The lowest BCUT2D eigenvalue weighted by Crippen LogP contribution is -2.47. The lowest BCUT2D eigenvalue weighted by atomic mass is 9.81. The lowest BCUT2D eigenvalue weighted by molar-refractivity contribution is -0.131. The molecule has 1 unspecified atom stereocenters. The van der Waals surface area contributed by atoms with Gasteiger partial charge in [0.1, 0.15) is 11.8 Å². The fourth-order valence-corrected chi connectivity index (χ4v) is 4.54. The minimum atomic E-state index is -3.59. The first-order valence-corrected chi connectivity index (χ1v) is 11.6. The summed E-state index contributed by atoms with van der Waals surface area (Å²) in [4.78, 5) is 24.4. The van der Waals surface area contributed by atoms with Crippen molar-refractivity contribution < 1.29 is 27.9 Å². The van der Waals surface area contributed by atoms with Gasteiger partial charge in [-0.2, -0.15) is 0 Å². The average Bonchev–Trinajstić information content (AvgIpc) is 2.76. The standard InChI is InChI=1S/C20H31N3O6S/c1-14(19(25)21-11-12-24)23-20(26)16-5-3-15(4-6-16)13-22-30(27,28)18-9-7-17(29-2)8-10-18/h7-10,14-16,22,24H,3-6,11-13H2,1-2H3,(H,21,25)(H,23,26). The summed E-state index contributed by atoms with van der Waals surface area (Å²) in [6, 6.07) is 5.53. The van der Waals surface area contributed by atoms with Gasteiger partial charge < -0.3 is 20.5 Å². The number of hydrogen-bond donors (Lipinski definition) is 4. The van der Waals surface area contributed by atoms with Crippen LogP contribution in [0, 0.1) is 11.8 Å². The Morgan fingerprint density at radius 3 is 2.37 bits per heavy atom. The first-order valence-electron chi connectivity index (χ1n) is 10.1. The highest BCUT2D eigenvalue weighted by atomic mass is 32.2. The number of aliphatic hydroxyl groups is 1. The van der Waals surface area contributed by atoms with E-state index in [1.165, 1.54) is 19.2 Å². The van der Waals surface area contributed by atoms with E-state index in [1.54, 1.807) is 19.1 Å². The van der Waals surface area contributed by atoms with E-state index in [1.807, 2.05) is 0 Å². The number of hydrogen-bond acceptors (Lipinski definition) is 6. The summed E-state index contributed by atoms with van der Waals surface area (Å²) in [6.45, 7) is 1.92. The van der Waals surface area contributed by atoms with Crippen LogP contribution in [0.5, 0.6) is 5.75 Å². The quantitative estimate of drug-likeness (QED) is 0.415. The first kappa shape index (κ1) is 24.1. The summed E-state index contributed by atoms with van der Waals surface area (Å²) >= 11 is 0. The molecule has 1 aliphatic carbocycles. The van der Waals surface area contributed by atoms with Gasteiger partial charge in [0.25, 0.3) is 0 Å². The van der Waals surface area contributed by atoms with Crippen molar-refractivity contribution >= 4 is 21.8 Å². The van der Waals surface area contributed by atoms with Gasteiger partial charge in [-0.3, -0.25) is 9.59 Å². The van der Waals surface area contributed by atoms with E-state index in [4.69, 9.17) is 9.84 Å². The number of ether oxygens (including phenoxy) is 1. The third kappa shape index (κ3) is 6.96. The molecule has 1 fully saturated rings. The largest absolute Gasteiger partial charge is 0.497 e. The number of aliphatic hydroxyl groups excluding tert-OH is 1. The molecule has 168 valence electrons. The minimum Gasteiger partial charge on any atom is -0.497 e. The topological polar surface area (TPSA) is 134 Å². The highest BCUT2D eigenvalue weighted by Gasteiger charge is 2.28. The number of sulfonamides is 1. The fraction of sp³-hybridized carbons (Fsp3) is 0.600. The molecule has 9 nitrogen and oxygen atoms in total. The van der Waals surface area contributed by atoms with Gasteiger partial charge in [-0.25, -0.2) is 13.1 Å². The van der Waals surface area contributed by atoms with Crippen LogP contribution in [0.2, 0.25) is 0 Å². The predicted molar refractivity (Wildman–Crippen MR) is 111 cm³/mol. The van der Waals surface area contributed by atoms with E-state index in [0.29, 0.717) is 25.1 Å². The second-order valence-electron chi connectivity index (χ2n) is 7.49. The number of amides is 2. The van der Waals surface area contributed by atoms with Crippen LogP contribution in [0.3, 0.4) is 0 Å². The summed E-state index contributed by atoms with van der Waals surface area (Å²) in [5.74, 6) is 0.0589. The second-order valence-corrected chi connectivity index (χ2v) is 9.26. The average molecular weight is 442 g/mol. The van der Waals surface area contributed by atoms with Crippen LogP contribution < -0.4 is 20.1 Å². The molecule has 0 bridgehead atoms. The molecule has 10 heteroatoms. The van der Waals surface area contributed by atoms with Crippen LogP contribution in [0.4, 0.5) is 0 Å². The van der Waals surface area contributed by atoms with E-state index in [9.17, 15) is 18.0 Å². The first-order chi connectivity index (χ1) is 14.3. The van der Waals surface area contributed by atoms with Gasteiger partial charge >= 0.3 is 0 Å². The van der Waals surface area contributed by atoms with Crippen molar-refractivity contribution in [3.63, 3.8) is 0 Å². The van der Waals surface area contributed by atoms with Gasteiger partial charge in [0.2, 0.25) is 21.8 Å². The minimum absolute atomic E-state index is 0.149. The zero-order chi connectivity index (χ0) is 22.1. The molecule has 2 amide bonds. The van der Waals surface area contributed by atoms with Crippen molar-refractivity contribution in [1.29, 1.82) is 0 Å². The summed E-state index contributed by atoms with van der Waals surface area (Å²) in [5.41, 5.74) is 0. The van der Waals surface area contributed by atoms with E-state index < -0.39 is 16.1 Å². The Hall–Kier alpha value is -2.17. The highest BCUT2D eigenvalue weighted by Crippen LogP contribution is 2.29. The molecule has 1 aliphatic rings. The molecule has 4 N–H and O–H groups in total. The molecular formula is C20H31N3O6S. The van der Waals surface area contributed by atoms with Gasteiger partial charge in [-0.05, 0) is 62.8 Å². The van der Waals surface area contributed by atoms with E-state index in [0.717, 1.165) is 12.8 Å². The lowest BCUT2D eigenvalue weighted by Gasteiger charge is -2.28. The van der Waals surface area contributed by atoms with E-state index in [-0.39, 0.29) is 41.7 Å². The zero-order valence-corrected chi connectivity index (χ0v) is 18.2. The monoisotopic (exact) mass is 441 g/mol. The predicted octanol–water partition coefficient (Wildman–Crippen LogP) is 0.393. The Kier molecular flexibility index (Phi) is 9.07. The van der Waals surface area contributed by atoms with Gasteiger partial charge in [-0.1, -0.05) is 0 Å². The number of carbonyl (C=O) groups is 2. The Morgan fingerprint density at radius 1 is 1.17 bits per heavy atom. The number of methoxy groups -OCH3 is 1. The Labute approximate surface area is 177 Å². The highest BCUT2D eigenvalue weighted by molar-refractivity contribution is 7.89. The smallest absolute Gasteiger partial charge is 0.242 e. The molecule has 0 spiro atoms. The normalized spacial score (nSPS) is 20.2. The molecular weight excluding hydrogens is 410 g/mol. The number of rotatable bonds is 10. The number of carbonyl (C=O) groups excluding carboxylic acids is 2. The van der Waals surface area contributed by atoms with Crippen LogP contribution in [-0.4, -0.2) is 58.2 Å².